The fourth-order valence-electron chi connectivity index (χ4n) is 2.97. The van der Waals surface area contributed by atoms with Crippen molar-refractivity contribution in [2.24, 2.45) is 0 Å². The molecule has 0 saturated carbocycles. The van der Waals surface area contributed by atoms with E-state index in [1.54, 1.807) is 24.4 Å². The van der Waals surface area contributed by atoms with Gasteiger partial charge in [0, 0.05) is 18.7 Å². The van der Waals surface area contributed by atoms with Gasteiger partial charge in [-0.3, -0.25) is 0 Å². The Kier molecular flexibility index (Phi) is 4.51. The number of hydrogen-bond donors (Lipinski definition) is 1. The molecule has 1 aliphatic rings. The van der Waals surface area contributed by atoms with Crippen LogP contribution in [0.2, 0.25) is 0 Å². The SMILES string of the molecule is COC(=O)c1cccc(-c2cnc3nc(N)nc(N4CCOCC4)c3n2)c1. The van der Waals surface area contributed by atoms with Crippen LogP contribution in [0.4, 0.5) is 11.8 Å². The van der Waals surface area contributed by atoms with E-state index in [0.717, 1.165) is 5.56 Å². The first-order valence-corrected chi connectivity index (χ1v) is 8.47. The number of benzene rings is 1. The van der Waals surface area contributed by atoms with Crippen molar-refractivity contribution in [1.29, 1.82) is 0 Å². The summed E-state index contributed by atoms with van der Waals surface area (Å²) >= 11 is 0. The van der Waals surface area contributed by atoms with Crippen molar-refractivity contribution in [3.63, 3.8) is 0 Å². The molecule has 2 N–H and O–H groups in total. The van der Waals surface area contributed by atoms with Crippen molar-refractivity contribution in [2.75, 3.05) is 44.0 Å². The van der Waals surface area contributed by atoms with Gasteiger partial charge in [-0.25, -0.2) is 14.8 Å². The van der Waals surface area contributed by atoms with Crippen LogP contribution in [-0.2, 0) is 9.47 Å². The molecule has 1 saturated heterocycles. The number of nitrogens with two attached hydrogens (primary N) is 1. The van der Waals surface area contributed by atoms with Crippen LogP contribution in [0.25, 0.3) is 22.4 Å². The summed E-state index contributed by atoms with van der Waals surface area (Å²) in [6, 6.07) is 7.03. The molecule has 1 aromatic carbocycles. The van der Waals surface area contributed by atoms with E-state index < -0.39 is 5.97 Å². The molecule has 0 atom stereocenters. The third-order valence-corrected chi connectivity index (χ3v) is 4.30. The highest BCUT2D eigenvalue weighted by Gasteiger charge is 2.19. The number of morpholine rings is 1. The van der Waals surface area contributed by atoms with Crippen molar-refractivity contribution in [3.8, 4) is 11.3 Å². The molecule has 0 bridgehead atoms. The highest BCUT2D eigenvalue weighted by molar-refractivity contribution is 5.91. The van der Waals surface area contributed by atoms with Gasteiger partial charge in [0.1, 0.15) is 0 Å². The van der Waals surface area contributed by atoms with Gasteiger partial charge in [-0.15, -0.1) is 0 Å². The molecule has 0 unspecified atom stereocenters. The summed E-state index contributed by atoms with van der Waals surface area (Å²) in [5.41, 5.74) is 8.64. The third kappa shape index (κ3) is 3.36. The summed E-state index contributed by atoms with van der Waals surface area (Å²) in [5.74, 6) is 0.383. The van der Waals surface area contributed by atoms with Crippen LogP contribution in [0.3, 0.4) is 0 Å². The van der Waals surface area contributed by atoms with Crippen LogP contribution in [0.1, 0.15) is 10.4 Å². The van der Waals surface area contributed by atoms with E-state index in [-0.39, 0.29) is 5.95 Å². The Hall–Kier alpha value is -3.33. The topological polar surface area (TPSA) is 116 Å². The van der Waals surface area contributed by atoms with Crippen LogP contribution < -0.4 is 10.6 Å². The van der Waals surface area contributed by atoms with Crippen molar-refractivity contribution >= 4 is 28.9 Å². The average molecular weight is 366 g/mol. The van der Waals surface area contributed by atoms with Crippen LogP contribution in [0.5, 0.6) is 0 Å². The number of methoxy groups -OCH3 is 1. The van der Waals surface area contributed by atoms with Gasteiger partial charge in [0.25, 0.3) is 0 Å². The van der Waals surface area contributed by atoms with E-state index in [1.165, 1.54) is 7.11 Å². The number of rotatable bonds is 3. The minimum Gasteiger partial charge on any atom is -0.465 e. The number of fused-ring (bicyclic) bond motifs is 1. The largest absolute Gasteiger partial charge is 0.465 e. The van der Waals surface area contributed by atoms with E-state index in [2.05, 4.69) is 19.9 Å². The monoisotopic (exact) mass is 366 g/mol. The minimum absolute atomic E-state index is 0.152. The van der Waals surface area contributed by atoms with Gasteiger partial charge in [0.15, 0.2) is 17.0 Å². The summed E-state index contributed by atoms with van der Waals surface area (Å²) < 4.78 is 10.2. The second-order valence-electron chi connectivity index (χ2n) is 6.00. The Morgan fingerprint density at radius 3 is 2.81 bits per heavy atom. The van der Waals surface area contributed by atoms with E-state index >= 15 is 0 Å². The zero-order valence-corrected chi connectivity index (χ0v) is 14.8. The number of carbonyl (C=O) groups is 1. The van der Waals surface area contributed by atoms with Crippen LogP contribution >= 0.6 is 0 Å². The van der Waals surface area contributed by atoms with Crippen LogP contribution in [0.15, 0.2) is 30.5 Å². The quantitative estimate of drug-likeness (QED) is 0.684. The predicted octanol–water partition coefficient (Wildman–Crippen LogP) is 1.29. The molecule has 0 spiro atoms. The van der Waals surface area contributed by atoms with Gasteiger partial charge >= 0.3 is 5.97 Å². The lowest BCUT2D eigenvalue weighted by Gasteiger charge is -2.28. The van der Waals surface area contributed by atoms with Crippen LogP contribution in [-0.4, -0.2) is 59.3 Å². The molecular weight excluding hydrogens is 348 g/mol. The number of esters is 1. The minimum atomic E-state index is -0.407. The lowest BCUT2D eigenvalue weighted by atomic mass is 10.1. The van der Waals surface area contributed by atoms with Crippen molar-refractivity contribution in [3.05, 3.63) is 36.0 Å². The van der Waals surface area contributed by atoms with E-state index in [0.29, 0.717) is 54.5 Å². The Balaban J connectivity index is 1.82. The highest BCUT2D eigenvalue weighted by atomic mass is 16.5. The molecule has 3 aromatic rings. The highest BCUT2D eigenvalue weighted by Crippen LogP contribution is 2.26. The molecule has 0 amide bonds. The maximum atomic E-state index is 11.8. The van der Waals surface area contributed by atoms with Gasteiger partial charge in [-0.1, -0.05) is 12.1 Å². The van der Waals surface area contributed by atoms with Crippen LogP contribution in [0, 0.1) is 0 Å². The molecule has 27 heavy (non-hydrogen) atoms. The number of ether oxygens (including phenoxy) is 2. The number of hydrogen-bond acceptors (Lipinski definition) is 9. The van der Waals surface area contributed by atoms with E-state index in [1.807, 2.05) is 6.07 Å². The Morgan fingerprint density at radius 2 is 2.04 bits per heavy atom. The molecule has 2 aromatic heterocycles. The molecule has 138 valence electrons. The molecule has 9 nitrogen and oxygen atoms in total. The molecule has 9 heteroatoms. The standard InChI is InChI=1S/C18H18N6O3/c1-26-17(25)12-4-2-3-11(9-12)13-10-20-15-14(21-13)16(23-18(19)22-15)24-5-7-27-8-6-24/h2-4,9-10H,5-8H2,1H3,(H2,19,20,22,23). The summed E-state index contributed by atoms with van der Waals surface area (Å²) in [6.07, 6.45) is 1.61. The molecule has 0 radical (unpaired) electrons. The van der Waals surface area contributed by atoms with E-state index in [9.17, 15) is 4.79 Å². The van der Waals surface area contributed by atoms with Crippen molar-refractivity contribution < 1.29 is 14.3 Å². The first kappa shape index (κ1) is 17.1. The summed E-state index contributed by atoms with van der Waals surface area (Å²) in [6.45, 7) is 2.60. The summed E-state index contributed by atoms with van der Waals surface area (Å²) in [4.78, 5) is 31.5. The second kappa shape index (κ2) is 7.12. The first-order chi connectivity index (χ1) is 13.2. The fourth-order valence-corrected chi connectivity index (χ4v) is 2.97. The zero-order chi connectivity index (χ0) is 18.8. The van der Waals surface area contributed by atoms with Gasteiger partial charge in [0.05, 0.1) is 37.8 Å². The molecule has 4 rings (SSSR count). The molecule has 1 fully saturated rings. The maximum absolute atomic E-state index is 11.8. The van der Waals surface area contributed by atoms with Gasteiger partial charge in [0.2, 0.25) is 5.95 Å². The third-order valence-electron chi connectivity index (χ3n) is 4.30. The lowest BCUT2D eigenvalue weighted by Crippen LogP contribution is -2.37. The summed E-state index contributed by atoms with van der Waals surface area (Å²) in [5, 5.41) is 0. The van der Waals surface area contributed by atoms with Gasteiger partial charge in [-0.05, 0) is 12.1 Å². The molecule has 1 aliphatic heterocycles. The molecule has 0 aliphatic carbocycles. The Morgan fingerprint density at radius 1 is 1.22 bits per heavy atom. The number of nitrogen functional groups attached to an aromatic ring is 1. The average Bonchev–Trinajstić information content (AvgIpc) is 2.73. The smallest absolute Gasteiger partial charge is 0.337 e. The maximum Gasteiger partial charge on any atom is 0.337 e. The first-order valence-electron chi connectivity index (χ1n) is 8.47. The van der Waals surface area contributed by atoms with Gasteiger partial charge < -0.3 is 20.1 Å². The Labute approximate surface area is 155 Å². The van der Waals surface area contributed by atoms with Crippen molar-refractivity contribution in [1.82, 2.24) is 19.9 Å². The molecule has 3 heterocycles. The number of anilines is 2. The second-order valence-corrected chi connectivity index (χ2v) is 6.00. The summed E-state index contributed by atoms with van der Waals surface area (Å²) in [7, 11) is 1.35. The number of aromatic nitrogens is 4. The van der Waals surface area contributed by atoms with Crippen molar-refractivity contribution in [2.45, 2.75) is 0 Å². The predicted molar refractivity (Wildman–Crippen MR) is 99.3 cm³/mol. The zero-order valence-electron chi connectivity index (χ0n) is 14.8. The Bertz CT molecular complexity index is 1000. The van der Waals surface area contributed by atoms with E-state index in [4.69, 9.17) is 20.2 Å². The molecular formula is C18H18N6O3. The normalized spacial score (nSPS) is 14.3. The number of nitrogens with zero attached hydrogens (tertiary/aromatic N) is 5. The fraction of sp³-hybridized carbons (Fsp3) is 0.278. The number of carbonyl (C=O) groups excluding carboxylic acids is 1. The lowest BCUT2D eigenvalue weighted by molar-refractivity contribution is 0.0601. The van der Waals surface area contributed by atoms with Gasteiger partial charge in [-0.2, -0.15) is 9.97 Å².